The summed E-state index contributed by atoms with van der Waals surface area (Å²) in [5.74, 6) is -0.263. The van der Waals surface area contributed by atoms with Crippen molar-refractivity contribution in [2.45, 2.75) is 31.9 Å². The molecule has 174 valence electrons. The maximum atomic E-state index is 15.1. The lowest BCUT2D eigenvalue weighted by atomic mass is 9.81. The van der Waals surface area contributed by atoms with Crippen molar-refractivity contribution in [2.24, 2.45) is 10.9 Å². The molecule has 1 N–H and O–H groups in total. The standard InChI is InChI=1S/C24H25BrFN3O3S/c1-23(2,3)32-22(31)29-12-16-13-33-21(27-20(30)15-7-5-4-6-8-15)28-24(16,14-29)18-11-17(25)9-10-19(18)26/h4-11,16H,12-14H2,1-3H3,(H,27,28,30)/t16-,24+/m0/s1. The van der Waals surface area contributed by atoms with Gasteiger partial charge in [-0.25, -0.2) is 14.2 Å². The summed E-state index contributed by atoms with van der Waals surface area (Å²) >= 11 is 4.83. The van der Waals surface area contributed by atoms with E-state index in [-0.39, 0.29) is 18.4 Å². The van der Waals surface area contributed by atoms with E-state index in [9.17, 15) is 9.59 Å². The molecule has 1 saturated heterocycles. The number of benzene rings is 2. The first kappa shape index (κ1) is 23.8. The normalized spacial score (nSPS) is 22.4. The van der Waals surface area contributed by atoms with Crippen LogP contribution in [-0.4, -0.2) is 46.5 Å². The summed E-state index contributed by atoms with van der Waals surface area (Å²) in [4.78, 5) is 32.0. The van der Waals surface area contributed by atoms with Gasteiger partial charge in [-0.2, -0.15) is 0 Å². The number of ether oxygens (including phenoxy) is 1. The first-order chi connectivity index (χ1) is 15.6. The Kier molecular flexibility index (Phi) is 6.55. The van der Waals surface area contributed by atoms with Crippen LogP contribution < -0.4 is 5.32 Å². The van der Waals surface area contributed by atoms with Gasteiger partial charge in [0.05, 0.1) is 6.54 Å². The maximum Gasteiger partial charge on any atom is 0.410 e. The first-order valence-electron chi connectivity index (χ1n) is 10.6. The molecule has 0 bridgehead atoms. The van der Waals surface area contributed by atoms with Gasteiger partial charge in [-0.1, -0.05) is 45.9 Å². The monoisotopic (exact) mass is 533 g/mol. The molecule has 4 rings (SSSR count). The number of halogens is 2. The van der Waals surface area contributed by atoms with Gasteiger partial charge in [0, 0.05) is 33.8 Å². The van der Waals surface area contributed by atoms with E-state index < -0.39 is 23.1 Å². The minimum Gasteiger partial charge on any atom is -0.444 e. The Bertz CT molecular complexity index is 1110. The maximum absolute atomic E-state index is 15.1. The fourth-order valence-electron chi connectivity index (χ4n) is 4.09. The molecule has 1 fully saturated rings. The summed E-state index contributed by atoms with van der Waals surface area (Å²) in [7, 11) is 0. The van der Waals surface area contributed by atoms with Crippen molar-refractivity contribution in [2.75, 3.05) is 18.8 Å². The van der Waals surface area contributed by atoms with Gasteiger partial charge in [0.1, 0.15) is 17.0 Å². The smallest absolute Gasteiger partial charge is 0.410 e. The Morgan fingerprint density at radius 2 is 1.97 bits per heavy atom. The molecule has 2 aliphatic rings. The van der Waals surface area contributed by atoms with Gasteiger partial charge < -0.3 is 15.0 Å². The van der Waals surface area contributed by atoms with E-state index in [2.05, 4.69) is 21.2 Å². The van der Waals surface area contributed by atoms with E-state index in [0.717, 1.165) is 0 Å². The number of nitrogens with one attached hydrogen (secondary N) is 1. The molecule has 0 radical (unpaired) electrons. The van der Waals surface area contributed by atoms with Crippen LogP contribution in [0.5, 0.6) is 0 Å². The number of amides is 2. The largest absolute Gasteiger partial charge is 0.444 e. The number of fused-ring (bicyclic) bond motifs is 1. The van der Waals surface area contributed by atoms with Crippen molar-refractivity contribution in [1.29, 1.82) is 0 Å². The Morgan fingerprint density at radius 3 is 2.67 bits per heavy atom. The quantitative estimate of drug-likeness (QED) is 0.577. The second-order valence-electron chi connectivity index (χ2n) is 9.15. The predicted octanol–water partition coefficient (Wildman–Crippen LogP) is 5.18. The Labute approximate surface area is 205 Å². The van der Waals surface area contributed by atoms with Crippen molar-refractivity contribution in [1.82, 2.24) is 10.2 Å². The third-order valence-electron chi connectivity index (χ3n) is 5.57. The molecule has 0 aliphatic carbocycles. The van der Waals surface area contributed by atoms with E-state index in [1.165, 1.54) is 17.8 Å². The highest BCUT2D eigenvalue weighted by atomic mass is 79.9. The van der Waals surface area contributed by atoms with Crippen LogP contribution in [0.25, 0.3) is 0 Å². The number of amidine groups is 1. The molecule has 6 nitrogen and oxygen atoms in total. The van der Waals surface area contributed by atoms with Crippen LogP contribution in [0, 0.1) is 11.7 Å². The average Bonchev–Trinajstić information content (AvgIpc) is 3.15. The summed E-state index contributed by atoms with van der Waals surface area (Å²) in [5.41, 5.74) is -0.784. The molecule has 2 aromatic carbocycles. The fourth-order valence-corrected chi connectivity index (χ4v) is 5.59. The highest BCUT2D eigenvalue weighted by molar-refractivity contribution is 9.10. The molecular weight excluding hydrogens is 509 g/mol. The van der Waals surface area contributed by atoms with Crippen LogP contribution in [0.15, 0.2) is 58.0 Å². The molecule has 2 aliphatic heterocycles. The lowest BCUT2D eigenvalue weighted by molar-refractivity contribution is 0.0281. The molecule has 2 heterocycles. The molecule has 2 atom stereocenters. The van der Waals surface area contributed by atoms with E-state index in [0.29, 0.717) is 33.1 Å². The molecular formula is C24H25BrFN3O3S. The summed E-state index contributed by atoms with van der Waals surface area (Å²) in [6.07, 6.45) is -0.457. The topological polar surface area (TPSA) is 71.0 Å². The Hall–Kier alpha value is -2.39. The van der Waals surface area contributed by atoms with E-state index in [4.69, 9.17) is 9.73 Å². The molecule has 0 spiro atoms. The molecule has 0 saturated carbocycles. The third-order valence-corrected chi connectivity index (χ3v) is 7.10. The number of carbonyl (C=O) groups excluding carboxylic acids is 2. The number of carbonyl (C=O) groups is 2. The molecule has 2 amide bonds. The molecule has 2 aromatic rings. The second kappa shape index (κ2) is 9.10. The molecule has 9 heteroatoms. The van der Waals surface area contributed by atoms with E-state index in [1.807, 2.05) is 26.8 Å². The van der Waals surface area contributed by atoms with Gasteiger partial charge in [-0.3, -0.25) is 4.79 Å². The van der Waals surface area contributed by atoms with Gasteiger partial charge in [0.25, 0.3) is 5.91 Å². The van der Waals surface area contributed by atoms with Crippen LogP contribution in [0.1, 0.15) is 36.7 Å². The van der Waals surface area contributed by atoms with Gasteiger partial charge >= 0.3 is 6.09 Å². The zero-order valence-corrected chi connectivity index (χ0v) is 21.0. The van der Waals surface area contributed by atoms with Gasteiger partial charge in [0.2, 0.25) is 0 Å². The third kappa shape index (κ3) is 5.09. The highest BCUT2D eigenvalue weighted by Crippen LogP contribution is 2.47. The van der Waals surface area contributed by atoms with Crippen LogP contribution in [0.2, 0.25) is 0 Å². The SMILES string of the molecule is CC(C)(C)OC(=O)N1C[C@H]2CSC(NC(=O)c3ccccc3)=N[C@]2(c2cc(Br)ccc2F)C1. The number of thioether (sulfide) groups is 1. The first-order valence-corrected chi connectivity index (χ1v) is 12.4. The average molecular weight is 534 g/mol. The van der Waals surface area contributed by atoms with Gasteiger partial charge in [0.15, 0.2) is 5.17 Å². The van der Waals surface area contributed by atoms with Gasteiger partial charge in [-0.15, -0.1) is 0 Å². The molecule has 0 unspecified atom stereocenters. The van der Waals surface area contributed by atoms with Crippen LogP contribution in [0.3, 0.4) is 0 Å². The van der Waals surface area contributed by atoms with Crippen molar-refractivity contribution in [3.63, 3.8) is 0 Å². The van der Waals surface area contributed by atoms with E-state index >= 15 is 4.39 Å². The lowest BCUT2D eigenvalue weighted by Gasteiger charge is -2.35. The number of hydrogen-bond acceptors (Lipinski definition) is 5. The molecule has 33 heavy (non-hydrogen) atoms. The van der Waals surface area contributed by atoms with Crippen molar-refractivity contribution in [3.8, 4) is 0 Å². The minimum absolute atomic E-state index is 0.142. The zero-order chi connectivity index (χ0) is 23.8. The fraction of sp³-hybridized carbons (Fsp3) is 0.375. The van der Waals surface area contributed by atoms with Crippen LogP contribution in [0.4, 0.5) is 9.18 Å². The lowest BCUT2D eigenvalue weighted by Crippen LogP contribution is -2.43. The highest BCUT2D eigenvalue weighted by Gasteiger charge is 2.53. The van der Waals surface area contributed by atoms with Crippen LogP contribution in [-0.2, 0) is 10.3 Å². The summed E-state index contributed by atoms with van der Waals surface area (Å²) < 4.78 is 21.4. The van der Waals surface area contributed by atoms with Gasteiger partial charge in [-0.05, 0) is 51.1 Å². The number of nitrogens with zero attached hydrogens (tertiary/aromatic N) is 2. The number of hydrogen-bond donors (Lipinski definition) is 1. The predicted molar refractivity (Wildman–Crippen MR) is 131 cm³/mol. The number of likely N-dealkylation sites (tertiary alicyclic amines) is 1. The van der Waals surface area contributed by atoms with Crippen molar-refractivity contribution < 1.29 is 18.7 Å². The minimum atomic E-state index is -1.03. The summed E-state index contributed by atoms with van der Waals surface area (Å²) in [6, 6.07) is 13.6. The van der Waals surface area contributed by atoms with E-state index in [1.54, 1.807) is 41.3 Å². The van der Waals surface area contributed by atoms with Crippen molar-refractivity contribution >= 4 is 44.9 Å². The summed E-state index contributed by atoms with van der Waals surface area (Å²) in [6.45, 7) is 5.97. The second-order valence-corrected chi connectivity index (χ2v) is 11.1. The Morgan fingerprint density at radius 1 is 1.24 bits per heavy atom. The van der Waals surface area contributed by atoms with Crippen LogP contribution >= 0.6 is 27.7 Å². The summed E-state index contributed by atoms with van der Waals surface area (Å²) in [5, 5.41) is 3.27. The van der Waals surface area contributed by atoms with Crippen molar-refractivity contribution in [3.05, 3.63) is 69.9 Å². The molecule has 0 aromatic heterocycles. The Balaban J connectivity index is 1.71. The number of aliphatic imine (C=N–C) groups is 1. The number of rotatable bonds is 2. The zero-order valence-electron chi connectivity index (χ0n) is 18.6.